The second-order valence-corrected chi connectivity index (χ2v) is 8.02. The molecule has 0 saturated carbocycles. The van der Waals surface area contributed by atoms with Crippen molar-refractivity contribution in [3.05, 3.63) is 63.2 Å². The van der Waals surface area contributed by atoms with Crippen molar-refractivity contribution in [1.82, 2.24) is 4.90 Å². The second-order valence-electron chi connectivity index (χ2n) is 5.21. The van der Waals surface area contributed by atoms with Crippen molar-refractivity contribution in [3.8, 4) is 0 Å². The normalized spacial score (nSPS) is 12.7. The molecule has 122 valence electrons. The SMILES string of the molecule is C[C@@H](c1ccc(S(N)(=O)=O)cc1)N(C)C(=O)c1ccc(I)cc1. The first-order valence-electron chi connectivity index (χ1n) is 6.85. The molecule has 0 saturated heterocycles. The number of hydrogen-bond acceptors (Lipinski definition) is 3. The van der Waals surface area contributed by atoms with E-state index in [2.05, 4.69) is 22.6 Å². The third-order valence-corrected chi connectivity index (χ3v) is 5.33. The lowest BCUT2D eigenvalue weighted by Crippen LogP contribution is -2.29. The van der Waals surface area contributed by atoms with Crippen molar-refractivity contribution >= 4 is 38.5 Å². The highest BCUT2D eigenvalue weighted by Gasteiger charge is 2.19. The van der Waals surface area contributed by atoms with Gasteiger partial charge in [0.25, 0.3) is 5.91 Å². The van der Waals surface area contributed by atoms with Crippen molar-refractivity contribution in [3.63, 3.8) is 0 Å². The van der Waals surface area contributed by atoms with Crippen molar-refractivity contribution < 1.29 is 13.2 Å². The Morgan fingerprint density at radius 3 is 2.09 bits per heavy atom. The number of benzene rings is 2. The maximum absolute atomic E-state index is 12.5. The minimum atomic E-state index is -3.71. The lowest BCUT2D eigenvalue weighted by molar-refractivity contribution is 0.0742. The van der Waals surface area contributed by atoms with E-state index in [0.717, 1.165) is 9.13 Å². The van der Waals surface area contributed by atoms with Gasteiger partial charge in [0.1, 0.15) is 0 Å². The zero-order chi connectivity index (χ0) is 17.2. The van der Waals surface area contributed by atoms with Crippen LogP contribution in [-0.4, -0.2) is 26.3 Å². The Kier molecular flexibility index (Phi) is 5.43. The molecule has 23 heavy (non-hydrogen) atoms. The lowest BCUT2D eigenvalue weighted by Gasteiger charge is -2.25. The molecule has 0 heterocycles. The molecule has 1 atom stereocenters. The molecule has 0 aromatic heterocycles. The third-order valence-electron chi connectivity index (χ3n) is 3.68. The zero-order valence-electron chi connectivity index (χ0n) is 12.7. The molecule has 2 N–H and O–H groups in total. The van der Waals surface area contributed by atoms with E-state index in [1.807, 2.05) is 19.1 Å². The molecule has 0 spiro atoms. The molecule has 0 radical (unpaired) electrons. The summed E-state index contributed by atoms with van der Waals surface area (Å²) in [5.41, 5.74) is 1.44. The van der Waals surface area contributed by atoms with Crippen LogP contribution in [-0.2, 0) is 10.0 Å². The smallest absolute Gasteiger partial charge is 0.254 e. The monoisotopic (exact) mass is 444 g/mol. The predicted molar refractivity (Wildman–Crippen MR) is 97.5 cm³/mol. The predicted octanol–water partition coefficient (Wildman–Crippen LogP) is 2.77. The van der Waals surface area contributed by atoms with Gasteiger partial charge < -0.3 is 4.90 Å². The van der Waals surface area contributed by atoms with E-state index in [-0.39, 0.29) is 16.8 Å². The number of sulfonamides is 1. The molecule has 0 aliphatic carbocycles. The molecule has 0 aliphatic rings. The van der Waals surface area contributed by atoms with Crippen LogP contribution in [0.25, 0.3) is 0 Å². The maximum Gasteiger partial charge on any atom is 0.254 e. The van der Waals surface area contributed by atoms with Gasteiger partial charge in [-0.1, -0.05) is 12.1 Å². The summed E-state index contributed by atoms with van der Waals surface area (Å²) in [6.07, 6.45) is 0. The first kappa shape index (κ1) is 17.9. The Bertz CT molecular complexity index is 802. The summed E-state index contributed by atoms with van der Waals surface area (Å²) in [6, 6.07) is 13.4. The highest BCUT2D eigenvalue weighted by molar-refractivity contribution is 14.1. The van der Waals surface area contributed by atoms with Crippen LogP contribution in [0.4, 0.5) is 0 Å². The zero-order valence-corrected chi connectivity index (χ0v) is 15.7. The summed E-state index contributed by atoms with van der Waals surface area (Å²) >= 11 is 2.19. The van der Waals surface area contributed by atoms with E-state index < -0.39 is 10.0 Å². The van der Waals surface area contributed by atoms with Crippen LogP contribution < -0.4 is 5.14 Å². The molecular weight excluding hydrogens is 427 g/mol. The molecule has 0 bridgehead atoms. The summed E-state index contributed by atoms with van der Waals surface area (Å²) < 4.78 is 23.6. The van der Waals surface area contributed by atoms with Gasteiger partial charge >= 0.3 is 0 Å². The Morgan fingerprint density at radius 2 is 1.61 bits per heavy atom. The summed E-state index contributed by atoms with van der Waals surface area (Å²) in [5, 5.41) is 5.09. The van der Waals surface area contributed by atoms with Gasteiger partial charge in [-0.05, 0) is 71.5 Å². The molecule has 7 heteroatoms. The Labute approximate surface area is 149 Å². The lowest BCUT2D eigenvalue weighted by atomic mass is 10.1. The second kappa shape index (κ2) is 6.98. The van der Waals surface area contributed by atoms with Gasteiger partial charge in [-0.15, -0.1) is 0 Å². The Hall–Kier alpha value is -1.45. The van der Waals surface area contributed by atoms with Crippen molar-refractivity contribution in [2.24, 2.45) is 5.14 Å². The highest BCUT2D eigenvalue weighted by Crippen LogP contribution is 2.22. The molecule has 1 amide bonds. The van der Waals surface area contributed by atoms with Gasteiger partial charge in [0, 0.05) is 16.2 Å². The van der Waals surface area contributed by atoms with Crippen LogP contribution >= 0.6 is 22.6 Å². The number of nitrogens with two attached hydrogens (primary N) is 1. The topological polar surface area (TPSA) is 80.5 Å². The molecule has 5 nitrogen and oxygen atoms in total. The molecular formula is C16H17IN2O3S. The van der Waals surface area contributed by atoms with Crippen LogP contribution in [0.1, 0.15) is 28.9 Å². The van der Waals surface area contributed by atoms with Gasteiger partial charge in [0.15, 0.2) is 0 Å². The fraction of sp³-hybridized carbons (Fsp3) is 0.188. The van der Waals surface area contributed by atoms with Crippen molar-refractivity contribution in [2.45, 2.75) is 17.9 Å². The number of carbonyl (C=O) groups is 1. The van der Waals surface area contributed by atoms with Crippen molar-refractivity contribution in [1.29, 1.82) is 0 Å². The summed E-state index contributed by atoms with van der Waals surface area (Å²) in [6.45, 7) is 1.89. The average Bonchev–Trinajstić information content (AvgIpc) is 2.53. The molecule has 2 aromatic carbocycles. The first-order chi connectivity index (χ1) is 10.7. The van der Waals surface area contributed by atoms with E-state index in [9.17, 15) is 13.2 Å². The first-order valence-corrected chi connectivity index (χ1v) is 9.48. The van der Waals surface area contributed by atoms with E-state index in [4.69, 9.17) is 5.14 Å². The fourth-order valence-electron chi connectivity index (χ4n) is 2.13. The number of primary sulfonamides is 1. The van der Waals surface area contributed by atoms with Gasteiger partial charge in [-0.25, -0.2) is 13.6 Å². The van der Waals surface area contributed by atoms with Crippen molar-refractivity contribution in [2.75, 3.05) is 7.05 Å². The Balaban J connectivity index is 2.20. The molecule has 2 aromatic rings. The largest absolute Gasteiger partial charge is 0.335 e. The number of halogens is 1. The number of carbonyl (C=O) groups excluding carboxylic acids is 1. The quantitative estimate of drug-likeness (QED) is 0.737. The molecule has 0 aliphatic heterocycles. The van der Waals surface area contributed by atoms with E-state index in [0.29, 0.717) is 5.56 Å². The van der Waals surface area contributed by atoms with Crippen LogP contribution in [0.5, 0.6) is 0 Å². The fourth-order valence-corrected chi connectivity index (χ4v) is 3.01. The number of nitrogens with zero attached hydrogens (tertiary/aromatic N) is 1. The van der Waals surface area contributed by atoms with Gasteiger partial charge in [0.2, 0.25) is 10.0 Å². The minimum absolute atomic E-state index is 0.0556. The number of hydrogen-bond donors (Lipinski definition) is 1. The van der Waals surface area contributed by atoms with Gasteiger partial charge in [0.05, 0.1) is 10.9 Å². The highest BCUT2D eigenvalue weighted by atomic mass is 127. The standard InChI is InChI=1S/C16H17IN2O3S/c1-11(12-5-9-15(10-6-12)23(18,21)22)19(2)16(20)13-3-7-14(17)8-4-13/h3-11H,1-2H3,(H2,18,21,22)/t11-/m0/s1. The van der Waals surface area contributed by atoms with Gasteiger partial charge in [-0.2, -0.15) is 0 Å². The van der Waals surface area contributed by atoms with Crippen LogP contribution in [0.3, 0.4) is 0 Å². The average molecular weight is 444 g/mol. The maximum atomic E-state index is 12.5. The molecule has 0 unspecified atom stereocenters. The van der Waals surface area contributed by atoms with Crippen LogP contribution in [0.2, 0.25) is 0 Å². The van der Waals surface area contributed by atoms with Crippen LogP contribution in [0.15, 0.2) is 53.4 Å². The van der Waals surface area contributed by atoms with Crippen LogP contribution in [0, 0.1) is 3.57 Å². The van der Waals surface area contributed by atoms with E-state index in [1.54, 1.807) is 36.2 Å². The third kappa shape index (κ3) is 4.30. The molecule has 0 fully saturated rings. The van der Waals surface area contributed by atoms with E-state index >= 15 is 0 Å². The minimum Gasteiger partial charge on any atom is -0.335 e. The summed E-state index contributed by atoms with van der Waals surface area (Å²) in [5.74, 6) is -0.0931. The summed E-state index contributed by atoms with van der Waals surface area (Å²) in [4.78, 5) is 14.2. The summed E-state index contributed by atoms with van der Waals surface area (Å²) in [7, 11) is -1.99. The van der Waals surface area contributed by atoms with Gasteiger partial charge in [-0.3, -0.25) is 4.79 Å². The molecule has 2 rings (SSSR count). The number of amides is 1. The Morgan fingerprint density at radius 1 is 1.09 bits per heavy atom. The van der Waals surface area contributed by atoms with E-state index in [1.165, 1.54) is 12.1 Å². The number of rotatable bonds is 4.